The molecule has 0 aliphatic heterocycles. The first kappa shape index (κ1) is 22.2. The van der Waals surface area contributed by atoms with Crippen molar-refractivity contribution in [2.75, 3.05) is 0 Å². The molecule has 146 valence electrons. The summed E-state index contributed by atoms with van der Waals surface area (Å²) in [5, 5.41) is 9.71. The largest absolute Gasteiger partial charge is 0.481 e. The summed E-state index contributed by atoms with van der Waals surface area (Å²) in [6, 6.07) is 9.34. The Bertz CT molecular complexity index is 545. The summed E-state index contributed by atoms with van der Waals surface area (Å²) in [5.74, 6) is -3.08. The number of carbonyl (C=O) groups excluding carboxylic acids is 1. The molecule has 26 heavy (non-hydrogen) atoms. The van der Waals surface area contributed by atoms with Gasteiger partial charge in [-0.05, 0) is 23.3 Å². The first-order valence-electron chi connectivity index (χ1n) is 9.70. The molecule has 0 amide bonds. The Kier molecular flexibility index (Phi) is 9.39. The van der Waals surface area contributed by atoms with Crippen LogP contribution >= 0.6 is 0 Å². The molecule has 4 heteroatoms. The van der Waals surface area contributed by atoms with E-state index in [0.717, 1.165) is 31.2 Å². The van der Waals surface area contributed by atoms with Crippen molar-refractivity contribution >= 4 is 11.9 Å². The maximum absolute atomic E-state index is 12.6. The summed E-state index contributed by atoms with van der Waals surface area (Å²) in [6.07, 6.45) is 6.27. The number of carbonyl (C=O) groups is 2. The zero-order valence-corrected chi connectivity index (χ0v) is 16.7. The van der Waals surface area contributed by atoms with Crippen molar-refractivity contribution in [1.29, 1.82) is 0 Å². The standard InChI is InChI=1S/C22H34O4/c1-5-6-7-8-12-15-18(22(2,3)4)19(20(23)24)21(25)26-16-17-13-10-9-11-14-17/h9-11,13-14,18-19H,5-8,12,15-16H2,1-4H3,(H,23,24)/t18-,19?/m1/s1. The maximum Gasteiger partial charge on any atom is 0.320 e. The number of carboxylic acid groups (broad SMARTS) is 1. The fourth-order valence-corrected chi connectivity index (χ4v) is 3.32. The fourth-order valence-electron chi connectivity index (χ4n) is 3.32. The third kappa shape index (κ3) is 7.59. The molecule has 0 spiro atoms. The molecule has 1 rings (SSSR count). The molecule has 0 bridgehead atoms. The average molecular weight is 363 g/mol. The van der Waals surface area contributed by atoms with E-state index in [1.807, 2.05) is 51.1 Å². The van der Waals surface area contributed by atoms with Crippen LogP contribution in [0.25, 0.3) is 0 Å². The van der Waals surface area contributed by atoms with E-state index in [0.29, 0.717) is 0 Å². The van der Waals surface area contributed by atoms with Crippen LogP contribution in [0, 0.1) is 17.3 Å². The van der Waals surface area contributed by atoms with E-state index in [9.17, 15) is 14.7 Å². The van der Waals surface area contributed by atoms with Gasteiger partial charge in [0.2, 0.25) is 0 Å². The Morgan fingerprint density at radius 1 is 1.04 bits per heavy atom. The Labute approximate surface area is 158 Å². The van der Waals surface area contributed by atoms with Crippen LogP contribution in [0.4, 0.5) is 0 Å². The van der Waals surface area contributed by atoms with Crippen molar-refractivity contribution in [3.63, 3.8) is 0 Å². The highest BCUT2D eigenvalue weighted by Crippen LogP contribution is 2.37. The molecule has 1 N–H and O–H groups in total. The Hall–Kier alpha value is -1.84. The molecule has 1 unspecified atom stereocenters. The van der Waals surface area contributed by atoms with Gasteiger partial charge in [0.25, 0.3) is 0 Å². The molecule has 0 aliphatic carbocycles. The lowest BCUT2D eigenvalue weighted by Gasteiger charge is -2.34. The highest BCUT2D eigenvalue weighted by Gasteiger charge is 2.42. The number of hydrogen-bond acceptors (Lipinski definition) is 3. The molecule has 0 heterocycles. The predicted molar refractivity (Wildman–Crippen MR) is 104 cm³/mol. The Morgan fingerprint density at radius 2 is 1.65 bits per heavy atom. The number of unbranched alkanes of at least 4 members (excludes halogenated alkanes) is 4. The number of aliphatic carboxylic acids is 1. The Balaban J connectivity index is 2.76. The van der Waals surface area contributed by atoms with Crippen molar-refractivity contribution in [3.8, 4) is 0 Å². The summed E-state index contributed by atoms with van der Waals surface area (Å²) in [7, 11) is 0. The van der Waals surface area contributed by atoms with E-state index in [-0.39, 0.29) is 17.9 Å². The molecule has 0 fully saturated rings. The first-order chi connectivity index (χ1) is 12.3. The van der Waals surface area contributed by atoms with E-state index < -0.39 is 17.9 Å². The fraction of sp³-hybridized carbons (Fsp3) is 0.636. The first-order valence-corrected chi connectivity index (χ1v) is 9.70. The lowest BCUT2D eigenvalue weighted by molar-refractivity contribution is -0.165. The van der Waals surface area contributed by atoms with Gasteiger partial charge in [0.15, 0.2) is 5.92 Å². The molecule has 0 aromatic heterocycles. The highest BCUT2D eigenvalue weighted by atomic mass is 16.5. The number of ether oxygens (including phenoxy) is 1. The molecule has 2 atom stereocenters. The second-order valence-corrected chi connectivity index (χ2v) is 8.08. The zero-order valence-electron chi connectivity index (χ0n) is 16.7. The van der Waals surface area contributed by atoms with Crippen molar-refractivity contribution in [2.45, 2.75) is 72.8 Å². The van der Waals surface area contributed by atoms with Gasteiger partial charge in [-0.3, -0.25) is 9.59 Å². The third-order valence-electron chi connectivity index (χ3n) is 4.88. The van der Waals surface area contributed by atoms with E-state index in [1.54, 1.807) is 0 Å². The second kappa shape index (κ2) is 11.0. The normalized spacial score (nSPS) is 13.8. The molecule has 1 aromatic carbocycles. The minimum absolute atomic E-state index is 0.108. The smallest absolute Gasteiger partial charge is 0.320 e. The van der Waals surface area contributed by atoms with Gasteiger partial charge in [-0.15, -0.1) is 0 Å². The van der Waals surface area contributed by atoms with Gasteiger partial charge in [-0.2, -0.15) is 0 Å². The van der Waals surface area contributed by atoms with Gasteiger partial charge in [0, 0.05) is 0 Å². The molecular weight excluding hydrogens is 328 g/mol. The molecule has 4 nitrogen and oxygen atoms in total. The second-order valence-electron chi connectivity index (χ2n) is 8.08. The van der Waals surface area contributed by atoms with E-state index >= 15 is 0 Å². The lowest BCUT2D eigenvalue weighted by atomic mass is 9.70. The molecule has 0 saturated carbocycles. The number of benzene rings is 1. The molecule has 0 saturated heterocycles. The van der Waals surface area contributed by atoms with Gasteiger partial charge in [0.1, 0.15) is 6.61 Å². The van der Waals surface area contributed by atoms with Crippen LogP contribution in [0.3, 0.4) is 0 Å². The van der Waals surface area contributed by atoms with Gasteiger partial charge >= 0.3 is 11.9 Å². The molecular formula is C22H34O4. The van der Waals surface area contributed by atoms with Crippen LogP contribution in [0.1, 0.15) is 71.8 Å². The van der Waals surface area contributed by atoms with Crippen LogP contribution in [0.2, 0.25) is 0 Å². The predicted octanol–water partition coefficient (Wildman–Crippen LogP) is 5.45. The van der Waals surface area contributed by atoms with Gasteiger partial charge in [0.05, 0.1) is 0 Å². The van der Waals surface area contributed by atoms with Crippen LogP contribution in [0.15, 0.2) is 30.3 Å². The summed E-state index contributed by atoms with van der Waals surface area (Å²) < 4.78 is 5.35. The molecule has 1 aromatic rings. The lowest BCUT2D eigenvalue weighted by Crippen LogP contribution is -2.39. The van der Waals surface area contributed by atoms with Crippen LogP contribution in [-0.4, -0.2) is 17.0 Å². The minimum atomic E-state index is -1.12. The molecule has 0 radical (unpaired) electrons. The van der Waals surface area contributed by atoms with E-state index in [4.69, 9.17) is 4.74 Å². The zero-order chi connectivity index (χ0) is 19.6. The minimum Gasteiger partial charge on any atom is -0.481 e. The maximum atomic E-state index is 12.6. The number of hydrogen-bond donors (Lipinski definition) is 1. The van der Waals surface area contributed by atoms with Crippen LogP contribution in [0.5, 0.6) is 0 Å². The van der Waals surface area contributed by atoms with Crippen molar-refractivity contribution in [3.05, 3.63) is 35.9 Å². The van der Waals surface area contributed by atoms with Crippen molar-refractivity contribution < 1.29 is 19.4 Å². The highest BCUT2D eigenvalue weighted by molar-refractivity contribution is 5.94. The quantitative estimate of drug-likeness (QED) is 0.323. The summed E-state index contributed by atoms with van der Waals surface area (Å²) in [6.45, 7) is 8.29. The van der Waals surface area contributed by atoms with Gasteiger partial charge in [-0.1, -0.05) is 90.1 Å². The summed E-state index contributed by atoms with van der Waals surface area (Å²) >= 11 is 0. The monoisotopic (exact) mass is 362 g/mol. The number of rotatable bonds is 11. The van der Waals surface area contributed by atoms with Crippen LogP contribution in [-0.2, 0) is 20.9 Å². The topological polar surface area (TPSA) is 63.6 Å². The SMILES string of the molecule is CCCCCCC[C@H](C(C(=O)O)C(=O)OCc1ccccc1)C(C)(C)C. The molecule has 0 aliphatic rings. The number of carboxylic acids is 1. The van der Waals surface area contributed by atoms with Crippen molar-refractivity contribution in [1.82, 2.24) is 0 Å². The number of esters is 1. The van der Waals surface area contributed by atoms with Gasteiger partial charge < -0.3 is 9.84 Å². The van der Waals surface area contributed by atoms with E-state index in [1.165, 1.54) is 12.8 Å². The van der Waals surface area contributed by atoms with E-state index in [2.05, 4.69) is 6.92 Å². The van der Waals surface area contributed by atoms with Crippen molar-refractivity contribution in [2.24, 2.45) is 17.3 Å². The van der Waals surface area contributed by atoms with Crippen LogP contribution < -0.4 is 0 Å². The summed E-state index contributed by atoms with van der Waals surface area (Å²) in [5.41, 5.74) is 0.580. The average Bonchev–Trinajstić information content (AvgIpc) is 2.58. The van der Waals surface area contributed by atoms with Gasteiger partial charge in [-0.25, -0.2) is 0 Å². The Morgan fingerprint density at radius 3 is 2.19 bits per heavy atom. The summed E-state index contributed by atoms with van der Waals surface area (Å²) in [4.78, 5) is 24.5. The third-order valence-corrected chi connectivity index (χ3v) is 4.88.